The van der Waals surface area contributed by atoms with Crippen molar-refractivity contribution in [1.82, 2.24) is 15.2 Å². The molecule has 2 amide bonds. The quantitative estimate of drug-likeness (QED) is 0.787. The first-order valence-corrected chi connectivity index (χ1v) is 10.3. The number of nitrogens with one attached hydrogen (secondary N) is 2. The Kier molecular flexibility index (Phi) is 6.99. The van der Waals surface area contributed by atoms with Gasteiger partial charge in [-0.2, -0.15) is 0 Å². The van der Waals surface area contributed by atoms with Crippen molar-refractivity contribution in [3.8, 4) is 0 Å². The van der Waals surface area contributed by atoms with E-state index in [0.29, 0.717) is 28.7 Å². The van der Waals surface area contributed by atoms with Crippen LogP contribution in [0.2, 0.25) is 0 Å². The molecule has 3 atom stereocenters. The molecule has 1 aromatic heterocycles. The Hall–Kier alpha value is -2.73. The molecule has 1 aromatic carbocycles. The molecule has 0 aliphatic carbocycles. The zero-order valence-corrected chi connectivity index (χ0v) is 17.4. The topological polar surface area (TPSA) is 74.3 Å². The predicted octanol–water partition coefficient (Wildman–Crippen LogP) is 3.43. The summed E-state index contributed by atoms with van der Waals surface area (Å²) in [6, 6.07) is 10.5. The van der Waals surface area contributed by atoms with Crippen LogP contribution in [0.25, 0.3) is 0 Å². The fourth-order valence-electron chi connectivity index (χ4n) is 4.12. The Morgan fingerprint density at radius 2 is 1.83 bits per heavy atom. The van der Waals surface area contributed by atoms with Gasteiger partial charge in [-0.05, 0) is 55.5 Å². The lowest BCUT2D eigenvalue weighted by Crippen LogP contribution is -2.47. The van der Waals surface area contributed by atoms with Gasteiger partial charge in [-0.15, -0.1) is 0 Å². The van der Waals surface area contributed by atoms with Crippen molar-refractivity contribution in [2.75, 3.05) is 25.0 Å². The third kappa shape index (κ3) is 6.12. The van der Waals surface area contributed by atoms with E-state index in [1.54, 1.807) is 42.6 Å². The van der Waals surface area contributed by atoms with Gasteiger partial charge in [0, 0.05) is 49.3 Å². The molecule has 1 saturated heterocycles. The number of likely N-dealkylation sites (tertiary alicyclic amines) is 1. The molecular weight excluding hydrogens is 364 g/mol. The van der Waals surface area contributed by atoms with Crippen molar-refractivity contribution in [1.29, 1.82) is 0 Å². The average Bonchev–Trinajstić information content (AvgIpc) is 2.68. The van der Waals surface area contributed by atoms with E-state index in [4.69, 9.17) is 0 Å². The van der Waals surface area contributed by atoms with E-state index in [2.05, 4.69) is 34.4 Å². The number of hydrogen-bond donors (Lipinski definition) is 2. The number of carbonyl (C=O) groups excluding carboxylic acids is 2. The van der Waals surface area contributed by atoms with Gasteiger partial charge < -0.3 is 15.5 Å². The molecule has 6 nitrogen and oxygen atoms in total. The van der Waals surface area contributed by atoms with Crippen LogP contribution in [0, 0.1) is 11.8 Å². The van der Waals surface area contributed by atoms with Crippen molar-refractivity contribution < 1.29 is 9.59 Å². The van der Waals surface area contributed by atoms with Gasteiger partial charge in [0.05, 0.1) is 5.56 Å². The SMILES string of the molecule is CC1CC(C)CN(CC(C)NC(=O)c2cccc(NC(=O)c3cccnc3)c2)C1. The van der Waals surface area contributed by atoms with Crippen LogP contribution in [-0.2, 0) is 0 Å². The minimum absolute atomic E-state index is 0.0497. The van der Waals surface area contributed by atoms with Crippen LogP contribution in [0.1, 0.15) is 47.9 Å². The van der Waals surface area contributed by atoms with Crippen LogP contribution in [-0.4, -0.2) is 47.4 Å². The Morgan fingerprint density at radius 1 is 1.10 bits per heavy atom. The minimum atomic E-state index is -0.252. The summed E-state index contributed by atoms with van der Waals surface area (Å²) in [6.07, 6.45) is 4.40. The number of aromatic nitrogens is 1. The van der Waals surface area contributed by atoms with E-state index in [-0.39, 0.29) is 17.9 Å². The van der Waals surface area contributed by atoms with Crippen molar-refractivity contribution in [3.05, 3.63) is 59.9 Å². The molecule has 6 heteroatoms. The van der Waals surface area contributed by atoms with Gasteiger partial charge in [0.1, 0.15) is 0 Å². The van der Waals surface area contributed by atoms with Crippen molar-refractivity contribution >= 4 is 17.5 Å². The Bertz CT molecular complexity index is 830. The van der Waals surface area contributed by atoms with Gasteiger partial charge in [0.2, 0.25) is 0 Å². The number of pyridine rings is 1. The number of hydrogen-bond acceptors (Lipinski definition) is 4. The van der Waals surface area contributed by atoms with Gasteiger partial charge >= 0.3 is 0 Å². The van der Waals surface area contributed by atoms with E-state index >= 15 is 0 Å². The first-order valence-electron chi connectivity index (χ1n) is 10.3. The van der Waals surface area contributed by atoms with Crippen LogP contribution >= 0.6 is 0 Å². The summed E-state index contributed by atoms with van der Waals surface area (Å²) in [5.41, 5.74) is 1.58. The molecule has 1 fully saturated rings. The fourth-order valence-corrected chi connectivity index (χ4v) is 4.12. The summed E-state index contributed by atoms with van der Waals surface area (Å²) >= 11 is 0. The molecule has 154 valence electrons. The molecule has 2 N–H and O–H groups in total. The van der Waals surface area contributed by atoms with E-state index < -0.39 is 0 Å². The zero-order chi connectivity index (χ0) is 20.8. The number of amides is 2. The number of anilines is 1. The molecule has 0 bridgehead atoms. The predicted molar refractivity (Wildman–Crippen MR) is 115 cm³/mol. The van der Waals surface area contributed by atoms with Gasteiger partial charge in [0.25, 0.3) is 11.8 Å². The summed E-state index contributed by atoms with van der Waals surface area (Å²) in [7, 11) is 0. The van der Waals surface area contributed by atoms with Crippen molar-refractivity contribution in [3.63, 3.8) is 0 Å². The van der Waals surface area contributed by atoms with Gasteiger partial charge in [-0.25, -0.2) is 0 Å². The van der Waals surface area contributed by atoms with Crippen LogP contribution in [0.15, 0.2) is 48.8 Å². The maximum absolute atomic E-state index is 12.7. The number of rotatable bonds is 6. The van der Waals surface area contributed by atoms with E-state index in [1.165, 1.54) is 12.6 Å². The second-order valence-electron chi connectivity index (χ2n) is 8.32. The fraction of sp³-hybridized carbons (Fsp3) is 0.435. The first-order chi connectivity index (χ1) is 13.9. The largest absolute Gasteiger partial charge is 0.348 e. The summed E-state index contributed by atoms with van der Waals surface area (Å²) < 4.78 is 0. The van der Waals surface area contributed by atoms with E-state index in [0.717, 1.165) is 19.6 Å². The Morgan fingerprint density at radius 3 is 2.52 bits per heavy atom. The lowest BCUT2D eigenvalue weighted by molar-refractivity contribution is 0.0904. The molecule has 2 aromatic rings. The molecule has 1 aliphatic rings. The number of piperidine rings is 1. The first kappa shape index (κ1) is 21.0. The second-order valence-corrected chi connectivity index (χ2v) is 8.32. The zero-order valence-electron chi connectivity index (χ0n) is 17.4. The molecule has 1 aliphatic heterocycles. The highest BCUT2D eigenvalue weighted by atomic mass is 16.2. The normalized spacial score (nSPS) is 20.7. The summed E-state index contributed by atoms with van der Waals surface area (Å²) in [4.78, 5) is 31.4. The van der Waals surface area contributed by atoms with Crippen molar-refractivity contribution in [2.45, 2.75) is 33.2 Å². The highest BCUT2D eigenvalue weighted by Gasteiger charge is 2.23. The molecule has 3 rings (SSSR count). The minimum Gasteiger partial charge on any atom is -0.348 e. The maximum atomic E-state index is 12.7. The standard InChI is InChI=1S/C23H30N4O2/c1-16-10-17(2)14-27(13-16)15-18(3)25-22(28)19-6-4-8-21(11-19)26-23(29)20-7-5-9-24-12-20/h4-9,11-12,16-18H,10,13-15H2,1-3H3,(H,25,28)(H,26,29). The van der Waals surface area contributed by atoms with Crippen LogP contribution in [0.5, 0.6) is 0 Å². The van der Waals surface area contributed by atoms with Gasteiger partial charge in [0.15, 0.2) is 0 Å². The molecule has 2 heterocycles. The van der Waals surface area contributed by atoms with Crippen LogP contribution < -0.4 is 10.6 Å². The number of benzene rings is 1. The van der Waals surface area contributed by atoms with Gasteiger partial charge in [-0.3, -0.25) is 14.6 Å². The third-order valence-electron chi connectivity index (χ3n) is 5.16. The number of nitrogens with zero attached hydrogens (tertiary/aromatic N) is 2. The third-order valence-corrected chi connectivity index (χ3v) is 5.16. The molecule has 0 radical (unpaired) electrons. The molecule has 29 heavy (non-hydrogen) atoms. The number of carbonyl (C=O) groups is 2. The van der Waals surface area contributed by atoms with Crippen LogP contribution in [0.4, 0.5) is 5.69 Å². The maximum Gasteiger partial charge on any atom is 0.257 e. The Balaban J connectivity index is 1.57. The summed E-state index contributed by atoms with van der Waals surface area (Å²) in [5.74, 6) is 1.01. The average molecular weight is 395 g/mol. The monoisotopic (exact) mass is 394 g/mol. The smallest absolute Gasteiger partial charge is 0.257 e. The highest BCUT2D eigenvalue weighted by molar-refractivity contribution is 6.04. The van der Waals surface area contributed by atoms with E-state index in [9.17, 15) is 9.59 Å². The van der Waals surface area contributed by atoms with Crippen LogP contribution in [0.3, 0.4) is 0 Å². The highest BCUT2D eigenvalue weighted by Crippen LogP contribution is 2.21. The summed E-state index contributed by atoms with van der Waals surface area (Å²) in [6.45, 7) is 9.63. The lowest BCUT2D eigenvalue weighted by atomic mass is 9.92. The molecular formula is C23H30N4O2. The van der Waals surface area contributed by atoms with E-state index in [1.807, 2.05) is 6.92 Å². The molecule has 0 spiro atoms. The van der Waals surface area contributed by atoms with Crippen molar-refractivity contribution in [2.24, 2.45) is 11.8 Å². The molecule has 3 unspecified atom stereocenters. The Labute approximate surface area is 172 Å². The molecule has 0 saturated carbocycles. The summed E-state index contributed by atoms with van der Waals surface area (Å²) in [5, 5.41) is 5.90. The van der Waals surface area contributed by atoms with Gasteiger partial charge in [-0.1, -0.05) is 19.9 Å². The second kappa shape index (κ2) is 9.65. The lowest BCUT2D eigenvalue weighted by Gasteiger charge is -2.36.